The second-order valence-electron chi connectivity index (χ2n) is 6.79. The predicted octanol–water partition coefficient (Wildman–Crippen LogP) is 0.644. The average Bonchev–Trinajstić information content (AvgIpc) is 3.01. The molecule has 2 aliphatic heterocycles. The molecule has 0 atom stereocenters. The van der Waals surface area contributed by atoms with E-state index in [0.717, 1.165) is 0 Å². The normalized spacial score (nSPS) is 17.4. The summed E-state index contributed by atoms with van der Waals surface area (Å²) in [6, 6.07) is 13.2. The third-order valence-corrected chi connectivity index (χ3v) is 6.07. The highest BCUT2D eigenvalue weighted by Crippen LogP contribution is 2.28. The molecule has 2 heterocycles. The number of nitrogens with one attached hydrogen (secondary N) is 2. The van der Waals surface area contributed by atoms with E-state index >= 15 is 0 Å². The maximum atomic E-state index is 12.5. The van der Waals surface area contributed by atoms with E-state index in [9.17, 15) is 22.8 Å². The minimum atomic E-state index is -3.65. The first kappa shape index (κ1) is 20.5. The number of benzene rings is 2. The van der Waals surface area contributed by atoms with Gasteiger partial charge in [-0.15, -0.1) is 0 Å². The molecule has 0 saturated carbocycles. The van der Waals surface area contributed by atoms with Gasteiger partial charge < -0.3 is 10.1 Å². The van der Waals surface area contributed by atoms with Crippen molar-refractivity contribution in [1.82, 2.24) is 4.72 Å². The molecule has 0 radical (unpaired) electrons. The van der Waals surface area contributed by atoms with Gasteiger partial charge in [0.05, 0.1) is 29.2 Å². The fourth-order valence-electron chi connectivity index (χ4n) is 3.26. The van der Waals surface area contributed by atoms with Gasteiger partial charge >= 0.3 is 5.97 Å². The summed E-state index contributed by atoms with van der Waals surface area (Å²) >= 11 is 0. The molecule has 31 heavy (non-hydrogen) atoms. The topological polar surface area (TPSA) is 134 Å². The van der Waals surface area contributed by atoms with E-state index in [2.05, 4.69) is 15.0 Å². The number of sulfonamides is 1. The Hall–Kier alpha value is -3.73. The monoisotopic (exact) mass is 442 g/mol. The minimum Gasteiger partial charge on any atom is -0.455 e. The van der Waals surface area contributed by atoms with E-state index < -0.39 is 28.5 Å². The SMILES string of the molecule is O=C1CN(C(=O)COC(=O)CCN=C2NS(=O)(=O)c3ccccc32)c2ccccc2N1. The first-order valence-corrected chi connectivity index (χ1v) is 10.8. The Bertz CT molecular complexity index is 1210. The zero-order chi connectivity index (χ0) is 22.0. The molecule has 0 fully saturated rings. The number of carbonyl (C=O) groups is 3. The Kier molecular flexibility index (Phi) is 5.42. The maximum absolute atomic E-state index is 12.5. The van der Waals surface area contributed by atoms with Crippen LogP contribution in [0.15, 0.2) is 58.4 Å². The van der Waals surface area contributed by atoms with E-state index in [1.54, 1.807) is 42.5 Å². The lowest BCUT2D eigenvalue weighted by Gasteiger charge is -2.28. The van der Waals surface area contributed by atoms with Gasteiger partial charge in [0.25, 0.3) is 15.9 Å². The zero-order valence-electron chi connectivity index (χ0n) is 16.2. The quantitative estimate of drug-likeness (QED) is 0.653. The third kappa shape index (κ3) is 4.26. The van der Waals surface area contributed by atoms with Crippen LogP contribution < -0.4 is 14.9 Å². The van der Waals surface area contributed by atoms with Gasteiger partial charge in [-0.25, -0.2) is 8.42 Å². The summed E-state index contributed by atoms with van der Waals surface area (Å²) in [5, 5.41) is 2.67. The van der Waals surface area contributed by atoms with E-state index in [0.29, 0.717) is 16.9 Å². The summed E-state index contributed by atoms with van der Waals surface area (Å²) in [6.07, 6.45) is -0.141. The number of anilines is 2. The first-order valence-electron chi connectivity index (χ1n) is 9.37. The van der Waals surface area contributed by atoms with Gasteiger partial charge in [-0.2, -0.15) is 0 Å². The molecule has 4 rings (SSSR count). The Morgan fingerprint density at radius 1 is 1.10 bits per heavy atom. The number of para-hydroxylation sites is 2. The van der Waals surface area contributed by atoms with Gasteiger partial charge in [0.15, 0.2) is 6.61 Å². The summed E-state index contributed by atoms with van der Waals surface area (Å²) in [5.74, 6) is -1.37. The molecule has 0 aromatic heterocycles. The predicted molar refractivity (Wildman–Crippen MR) is 111 cm³/mol. The fourth-order valence-corrected chi connectivity index (χ4v) is 4.51. The standard InChI is InChI=1S/C20H18N4O6S/c25-17-11-24(15-7-3-2-6-14(15)22-17)18(26)12-30-19(27)9-10-21-20-13-5-1-4-8-16(13)31(28,29)23-20/h1-8H,9-12H2,(H,21,23)(H,22,25). The van der Waals surface area contributed by atoms with Crippen molar-refractivity contribution < 1.29 is 27.5 Å². The van der Waals surface area contributed by atoms with Crippen molar-refractivity contribution in [2.45, 2.75) is 11.3 Å². The number of fused-ring (bicyclic) bond motifs is 2. The number of aliphatic imine (C=N–C) groups is 1. The van der Waals surface area contributed by atoms with Crippen molar-refractivity contribution in [1.29, 1.82) is 0 Å². The number of carbonyl (C=O) groups excluding carboxylic acids is 3. The number of hydrogen-bond donors (Lipinski definition) is 2. The van der Waals surface area contributed by atoms with Gasteiger partial charge in [0.2, 0.25) is 5.91 Å². The van der Waals surface area contributed by atoms with Gasteiger partial charge in [-0.3, -0.25) is 29.0 Å². The molecule has 2 aromatic carbocycles. The molecule has 2 N–H and O–H groups in total. The van der Waals surface area contributed by atoms with Gasteiger partial charge in [-0.1, -0.05) is 24.3 Å². The van der Waals surface area contributed by atoms with Crippen molar-refractivity contribution in [2.75, 3.05) is 29.9 Å². The minimum absolute atomic E-state index is 0.0197. The summed E-state index contributed by atoms with van der Waals surface area (Å²) in [5.41, 5.74) is 1.48. The first-order chi connectivity index (χ1) is 14.8. The molecule has 0 unspecified atom stereocenters. The Morgan fingerprint density at radius 3 is 2.68 bits per heavy atom. The average molecular weight is 442 g/mol. The Morgan fingerprint density at radius 2 is 1.84 bits per heavy atom. The largest absolute Gasteiger partial charge is 0.455 e. The summed E-state index contributed by atoms with van der Waals surface area (Å²) < 4.78 is 31.5. The lowest BCUT2D eigenvalue weighted by Crippen LogP contribution is -2.44. The van der Waals surface area contributed by atoms with Crippen LogP contribution in [-0.4, -0.2) is 51.7 Å². The maximum Gasteiger partial charge on any atom is 0.308 e. The molecular formula is C20H18N4O6S. The molecule has 2 aliphatic rings. The Balaban J connectivity index is 1.32. The van der Waals surface area contributed by atoms with Crippen LogP contribution in [0, 0.1) is 0 Å². The van der Waals surface area contributed by atoms with Crippen molar-refractivity contribution in [3.8, 4) is 0 Å². The van der Waals surface area contributed by atoms with E-state index in [-0.39, 0.29) is 36.1 Å². The van der Waals surface area contributed by atoms with E-state index in [4.69, 9.17) is 4.74 Å². The van der Waals surface area contributed by atoms with Crippen molar-refractivity contribution in [3.05, 3.63) is 54.1 Å². The molecule has 10 nitrogen and oxygen atoms in total. The second-order valence-corrected chi connectivity index (χ2v) is 8.44. The smallest absolute Gasteiger partial charge is 0.308 e. The molecular weight excluding hydrogens is 424 g/mol. The number of rotatable bonds is 5. The molecule has 2 aromatic rings. The number of hydrogen-bond acceptors (Lipinski definition) is 7. The summed E-state index contributed by atoms with van der Waals surface area (Å²) in [6.45, 7) is -0.707. The van der Waals surface area contributed by atoms with Gasteiger partial charge in [-0.05, 0) is 24.3 Å². The highest BCUT2D eigenvalue weighted by molar-refractivity contribution is 7.90. The number of esters is 1. The highest BCUT2D eigenvalue weighted by atomic mass is 32.2. The number of amides is 2. The van der Waals surface area contributed by atoms with Crippen LogP contribution in [0.25, 0.3) is 0 Å². The van der Waals surface area contributed by atoms with Crippen molar-refractivity contribution >= 4 is 45.0 Å². The van der Waals surface area contributed by atoms with E-state index in [1.165, 1.54) is 11.0 Å². The van der Waals surface area contributed by atoms with E-state index in [1.807, 2.05) is 0 Å². The van der Waals surface area contributed by atoms with Crippen LogP contribution in [0.1, 0.15) is 12.0 Å². The van der Waals surface area contributed by atoms with Crippen LogP contribution in [0.2, 0.25) is 0 Å². The number of ether oxygens (including phenoxy) is 1. The summed E-state index contributed by atoms with van der Waals surface area (Å²) in [4.78, 5) is 41.8. The van der Waals surface area contributed by atoms with Crippen LogP contribution >= 0.6 is 0 Å². The van der Waals surface area contributed by atoms with Crippen LogP contribution in [0.5, 0.6) is 0 Å². The second kappa shape index (κ2) is 8.19. The van der Waals surface area contributed by atoms with Crippen molar-refractivity contribution in [2.24, 2.45) is 4.99 Å². The van der Waals surface area contributed by atoms with Crippen LogP contribution in [-0.2, 0) is 29.1 Å². The number of amidine groups is 1. The van der Waals surface area contributed by atoms with Gasteiger partial charge in [0.1, 0.15) is 12.4 Å². The lowest BCUT2D eigenvalue weighted by molar-refractivity contribution is -0.147. The molecule has 160 valence electrons. The molecule has 0 aliphatic carbocycles. The molecule has 0 bridgehead atoms. The highest BCUT2D eigenvalue weighted by Gasteiger charge is 2.30. The molecule has 0 saturated heterocycles. The zero-order valence-corrected chi connectivity index (χ0v) is 17.0. The Labute approximate surface area is 178 Å². The fraction of sp³-hybridized carbons (Fsp3) is 0.200. The van der Waals surface area contributed by atoms with Crippen LogP contribution in [0.3, 0.4) is 0 Å². The summed E-state index contributed by atoms with van der Waals surface area (Å²) in [7, 11) is -3.65. The third-order valence-electron chi connectivity index (χ3n) is 4.68. The number of nitrogens with zero attached hydrogens (tertiary/aromatic N) is 2. The van der Waals surface area contributed by atoms with Gasteiger partial charge in [0, 0.05) is 5.56 Å². The molecule has 2 amide bonds. The molecule has 11 heteroatoms. The lowest BCUT2D eigenvalue weighted by atomic mass is 10.2. The molecule has 0 spiro atoms. The van der Waals surface area contributed by atoms with Crippen molar-refractivity contribution in [3.63, 3.8) is 0 Å². The van der Waals surface area contributed by atoms with Crippen LogP contribution in [0.4, 0.5) is 11.4 Å².